The first-order valence-corrected chi connectivity index (χ1v) is 5.87. The number of benzene rings is 1. The summed E-state index contributed by atoms with van der Waals surface area (Å²) in [6.07, 6.45) is 3.00. The summed E-state index contributed by atoms with van der Waals surface area (Å²) in [5.74, 6) is 0. The highest BCUT2D eigenvalue weighted by atomic mass is 14.9. The van der Waals surface area contributed by atoms with Gasteiger partial charge in [-0.3, -0.25) is 4.98 Å². The van der Waals surface area contributed by atoms with Gasteiger partial charge in [0, 0.05) is 24.2 Å². The van der Waals surface area contributed by atoms with E-state index in [1.807, 2.05) is 12.3 Å². The molecule has 2 nitrogen and oxygen atoms in total. The van der Waals surface area contributed by atoms with E-state index in [1.54, 1.807) is 0 Å². The van der Waals surface area contributed by atoms with Gasteiger partial charge in [-0.2, -0.15) is 0 Å². The number of hydrogen-bond acceptors (Lipinski definition) is 2. The summed E-state index contributed by atoms with van der Waals surface area (Å²) < 4.78 is 0. The summed E-state index contributed by atoms with van der Waals surface area (Å²) in [6.45, 7) is 5.32. The summed E-state index contributed by atoms with van der Waals surface area (Å²) in [5.41, 5.74) is 2.40. The number of hydrogen-bond donors (Lipinski definition) is 1. The Balaban J connectivity index is 2.23. The summed E-state index contributed by atoms with van der Waals surface area (Å²) in [6, 6.07) is 11.0. The zero-order valence-corrected chi connectivity index (χ0v) is 9.90. The van der Waals surface area contributed by atoms with E-state index in [0.29, 0.717) is 6.04 Å². The van der Waals surface area contributed by atoms with E-state index in [2.05, 4.69) is 48.4 Å². The first kappa shape index (κ1) is 11.1. The monoisotopic (exact) mass is 214 g/mol. The lowest BCUT2D eigenvalue weighted by atomic mass is 10.1. The Kier molecular flexibility index (Phi) is 3.52. The highest BCUT2D eigenvalue weighted by molar-refractivity contribution is 5.81. The molecule has 0 amide bonds. The van der Waals surface area contributed by atoms with E-state index >= 15 is 0 Å². The molecule has 1 heterocycles. The van der Waals surface area contributed by atoms with Crippen LogP contribution in [0.3, 0.4) is 0 Å². The Morgan fingerprint density at radius 3 is 2.94 bits per heavy atom. The van der Waals surface area contributed by atoms with Gasteiger partial charge in [-0.05, 0) is 31.0 Å². The molecule has 1 atom stereocenters. The first-order chi connectivity index (χ1) is 7.81. The van der Waals surface area contributed by atoms with Crippen LogP contribution in [-0.4, -0.2) is 11.0 Å². The van der Waals surface area contributed by atoms with Crippen LogP contribution in [0.1, 0.15) is 25.8 Å². The Morgan fingerprint density at radius 1 is 1.25 bits per heavy atom. The summed E-state index contributed by atoms with van der Waals surface area (Å²) >= 11 is 0. The van der Waals surface area contributed by atoms with Crippen LogP contribution in [0.4, 0.5) is 0 Å². The lowest BCUT2D eigenvalue weighted by Crippen LogP contribution is -2.24. The van der Waals surface area contributed by atoms with Crippen LogP contribution in [0.5, 0.6) is 0 Å². The van der Waals surface area contributed by atoms with Crippen molar-refractivity contribution in [1.82, 2.24) is 10.3 Å². The minimum atomic E-state index is 0.562. The number of rotatable bonds is 4. The molecule has 0 spiro atoms. The summed E-state index contributed by atoms with van der Waals surface area (Å²) in [7, 11) is 0. The lowest BCUT2D eigenvalue weighted by Gasteiger charge is -2.12. The predicted molar refractivity (Wildman–Crippen MR) is 68.3 cm³/mol. The molecule has 0 aliphatic rings. The average Bonchev–Trinajstić information content (AvgIpc) is 2.35. The third-order valence-electron chi connectivity index (χ3n) is 2.99. The van der Waals surface area contributed by atoms with Gasteiger partial charge in [0.25, 0.3) is 0 Å². The van der Waals surface area contributed by atoms with Gasteiger partial charge in [-0.15, -0.1) is 0 Å². The van der Waals surface area contributed by atoms with Crippen LogP contribution in [0, 0.1) is 0 Å². The molecule has 2 aromatic rings. The van der Waals surface area contributed by atoms with Gasteiger partial charge in [0.15, 0.2) is 0 Å². The number of pyridine rings is 1. The molecule has 1 N–H and O–H groups in total. The molecule has 1 unspecified atom stereocenters. The van der Waals surface area contributed by atoms with Crippen molar-refractivity contribution >= 4 is 10.9 Å². The van der Waals surface area contributed by atoms with E-state index in [9.17, 15) is 0 Å². The Morgan fingerprint density at radius 2 is 2.12 bits per heavy atom. The second kappa shape index (κ2) is 5.08. The van der Waals surface area contributed by atoms with Crippen LogP contribution in [0.25, 0.3) is 10.9 Å². The molecular weight excluding hydrogens is 196 g/mol. The van der Waals surface area contributed by atoms with Gasteiger partial charge in [-0.1, -0.05) is 25.1 Å². The second-order valence-electron chi connectivity index (χ2n) is 4.18. The fourth-order valence-corrected chi connectivity index (χ4v) is 1.75. The molecule has 0 radical (unpaired) electrons. The topological polar surface area (TPSA) is 24.9 Å². The average molecular weight is 214 g/mol. The van der Waals surface area contributed by atoms with E-state index < -0.39 is 0 Å². The minimum absolute atomic E-state index is 0.562. The molecule has 0 aliphatic carbocycles. The van der Waals surface area contributed by atoms with Crippen LogP contribution >= 0.6 is 0 Å². The molecule has 2 heteroatoms. The smallest absolute Gasteiger partial charge is 0.0705 e. The Hall–Kier alpha value is -1.41. The molecular formula is C14H18N2. The number of nitrogens with zero attached hydrogens (tertiary/aromatic N) is 1. The molecule has 0 fully saturated rings. The van der Waals surface area contributed by atoms with Crippen molar-refractivity contribution in [2.45, 2.75) is 32.9 Å². The molecule has 0 saturated carbocycles. The zero-order chi connectivity index (χ0) is 11.4. The number of aromatic nitrogens is 1. The highest BCUT2D eigenvalue weighted by Crippen LogP contribution is 2.16. The highest BCUT2D eigenvalue weighted by Gasteiger charge is 2.02. The molecule has 0 aliphatic heterocycles. The van der Waals surface area contributed by atoms with Crippen LogP contribution in [-0.2, 0) is 6.54 Å². The summed E-state index contributed by atoms with van der Waals surface area (Å²) in [5, 5.41) is 4.76. The molecule has 0 saturated heterocycles. The van der Waals surface area contributed by atoms with Gasteiger partial charge < -0.3 is 5.32 Å². The van der Waals surface area contributed by atoms with Gasteiger partial charge in [0.05, 0.1) is 5.52 Å². The maximum atomic E-state index is 4.36. The van der Waals surface area contributed by atoms with Crippen molar-refractivity contribution in [2.75, 3.05) is 0 Å². The minimum Gasteiger partial charge on any atom is -0.310 e. The normalized spacial score (nSPS) is 12.9. The fourth-order valence-electron chi connectivity index (χ4n) is 1.75. The third-order valence-corrected chi connectivity index (χ3v) is 2.99. The molecule has 0 bridgehead atoms. The Labute approximate surface area is 96.7 Å². The fraction of sp³-hybridized carbons (Fsp3) is 0.357. The molecule has 2 rings (SSSR count). The molecule has 84 valence electrons. The largest absolute Gasteiger partial charge is 0.310 e. The van der Waals surface area contributed by atoms with Gasteiger partial charge >= 0.3 is 0 Å². The molecule has 1 aromatic heterocycles. The summed E-state index contributed by atoms with van der Waals surface area (Å²) in [4.78, 5) is 4.36. The SMILES string of the molecule is CCC(C)NCc1cccc2ncccc12. The van der Waals surface area contributed by atoms with E-state index in [4.69, 9.17) is 0 Å². The Bertz CT molecular complexity index is 460. The van der Waals surface area contributed by atoms with Crippen LogP contribution in [0.2, 0.25) is 0 Å². The van der Waals surface area contributed by atoms with Crippen LogP contribution < -0.4 is 5.32 Å². The standard InChI is InChI=1S/C14H18N2/c1-3-11(2)16-10-12-6-4-8-14-13(12)7-5-9-15-14/h4-9,11,16H,3,10H2,1-2H3. The van der Waals surface area contributed by atoms with E-state index in [-0.39, 0.29) is 0 Å². The van der Waals surface area contributed by atoms with Gasteiger partial charge in [0.1, 0.15) is 0 Å². The quantitative estimate of drug-likeness (QED) is 0.845. The van der Waals surface area contributed by atoms with Crippen molar-refractivity contribution in [3.8, 4) is 0 Å². The van der Waals surface area contributed by atoms with Gasteiger partial charge in [-0.25, -0.2) is 0 Å². The van der Waals surface area contributed by atoms with Crippen molar-refractivity contribution in [1.29, 1.82) is 0 Å². The van der Waals surface area contributed by atoms with Crippen molar-refractivity contribution in [2.24, 2.45) is 0 Å². The van der Waals surface area contributed by atoms with Crippen molar-refractivity contribution in [3.63, 3.8) is 0 Å². The molecule has 1 aromatic carbocycles. The van der Waals surface area contributed by atoms with Crippen molar-refractivity contribution in [3.05, 3.63) is 42.1 Å². The van der Waals surface area contributed by atoms with E-state index in [1.165, 1.54) is 10.9 Å². The van der Waals surface area contributed by atoms with Crippen LogP contribution in [0.15, 0.2) is 36.5 Å². The zero-order valence-electron chi connectivity index (χ0n) is 9.90. The second-order valence-corrected chi connectivity index (χ2v) is 4.18. The maximum absolute atomic E-state index is 4.36. The first-order valence-electron chi connectivity index (χ1n) is 5.87. The third kappa shape index (κ3) is 2.39. The predicted octanol–water partition coefficient (Wildman–Crippen LogP) is 3.12. The van der Waals surface area contributed by atoms with E-state index in [0.717, 1.165) is 18.5 Å². The van der Waals surface area contributed by atoms with Crippen molar-refractivity contribution < 1.29 is 0 Å². The maximum Gasteiger partial charge on any atom is 0.0705 e. The number of fused-ring (bicyclic) bond motifs is 1. The van der Waals surface area contributed by atoms with Gasteiger partial charge in [0.2, 0.25) is 0 Å². The number of nitrogens with one attached hydrogen (secondary N) is 1. The molecule has 16 heavy (non-hydrogen) atoms. The lowest BCUT2D eigenvalue weighted by molar-refractivity contribution is 0.535.